The van der Waals surface area contributed by atoms with E-state index < -0.39 is 48.4 Å². The van der Waals surface area contributed by atoms with Crippen LogP contribution in [0.1, 0.15) is 60.6 Å². The van der Waals surface area contributed by atoms with E-state index in [0.717, 1.165) is 24.5 Å². The van der Waals surface area contributed by atoms with Gasteiger partial charge in [0.2, 0.25) is 5.91 Å². The van der Waals surface area contributed by atoms with Crippen molar-refractivity contribution in [3.8, 4) is 0 Å². The van der Waals surface area contributed by atoms with Crippen LogP contribution in [-0.4, -0.2) is 66.3 Å². The maximum atomic E-state index is 13.5. The number of esters is 2. The molecule has 0 aliphatic carbocycles. The molecular weight excluding hydrogens is 648 g/mol. The summed E-state index contributed by atoms with van der Waals surface area (Å²) in [6.07, 6.45) is -0.797. The van der Waals surface area contributed by atoms with Gasteiger partial charge in [-0.05, 0) is 34.0 Å². The van der Waals surface area contributed by atoms with Gasteiger partial charge in [0.25, 0.3) is 5.91 Å². The average molecular weight is 684 g/mol. The molecule has 2 aromatic carbocycles. The van der Waals surface area contributed by atoms with Gasteiger partial charge >= 0.3 is 11.9 Å². The lowest BCUT2D eigenvalue weighted by Crippen LogP contribution is -2.55. The van der Waals surface area contributed by atoms with Crippen molar-refractivity contribution in [1.82, 2.24) is 15.6 Å². The van der Waals surface area contributed by atoms with E-state index in [1.54, 1.807) is 30.3 Å². The van der Waals surface area contributed by atoms with Crippen LogP contribution in [0.2, 0.25) is 0 Å². The molecule has 2 amide bonds. The van der Waals surface area contributed by atoms with Gasteiger partial charge in [0.15, 0.2) is 0 Å². The Bertz CT molecular complexity index is 1600. The Balaban J connectivity index is 1.50. The topological polar surface area (TPSA) is 198 Å². The molecule has 3 aromatic rings. The van der Waals surface area contributed by atoms with Crippen LogP contribution in [0.5, 0.6) is 0 Å². The van der Waals surface area contributed by atoms with Crippen molar-refractivity contribution in [2.45, 2.75) is 51.3 Å². The molecule has 14 heteroatoms. The van der Waals surface area contributed by atoms with Crippen LogP contribution >= 0.6 is 15.9 Å². The zero-order valence-corrected chi connectivity index (χ0v) is 26.4. The number of fused-ring (bicyclic) bond motifs is 1. The fourth-order valence-electron chi connectivity index (χ4n) is 4.76. The van der Waals surface area contributed by atoms with E-state index in [-0.39, 0.29) is 24.6 Å². The minimum absolute atomic E-state index is 0.0567. The Kier molecular flexibility index (Phi) is 11.3. The molecular formula is C31H35BrN6O7. The van der Waals surface area contributed by atoms with Gasteiger partial charge in [-0.3, -0.25) is 24.6 Å². The molecule has 6 N–H and O–H groups in total. The number of para-hydroxylation sites is 1. The molecule has 13 nitrogen and oxygen atoms in total. The summed E-state index contributed by atoms with van der Waals surface area (Å²) in [6.45, 7) is 2.12. The summed E-state index contributed by atoms with van der Waals surface area (Å²) in [5.74, 6) is -4.03. The second-order valence-corrected chi connectivity index (χ2v) is 11.2. The third kappa shape index (κ3) is 8.47. The third-order valence-corrected chi connectivity index (χ3v) is 8.03. The monoisotopic (exact) mass is 682 g/mol. The number of nitrogens with zero attached hydrogens (tertiary/aromatic N) is 1. The minimum Gasteiger partial charge on any atom is -0.469 e. The maximum Gasteiger partial charge on any atom is 0.313 e. The smallest absolute Gasteiger partial charge is 0.313 e. The van der Waals surface area contributed by atoms with Crippen LogP contribution in [0.3, 0.4) is 0 Å². The number of hydrogen-bond donors (Lipinski definition) is 5. The first-order valence-electron chi connectivity index (χ1n) is 14.4. The fraction of sp³-hybridized carbons (Fsp3) is 0.355. The van der Waals surface area contributed by atoms with E-state index in [9.17, 15) is 19.2 Å². The van der Waals surface area contributed by atoms with Crippen molar-refractivity contribution < 1.29 is 33.5 Å². The number of hydrogen-bond acceptors (Lipinski definition) is 9. The third-order valence-electron chi connectivity index (χ3n) is 7.20. The number of carbonyl (C=O) groups is 4. The predicted molar refractivity (Wildman–Crippen MR) is 169 cm³/mol. The number of unbranched alkanes of at least 4 members (excludes halogenated alkanes) is 1. The molecule has 45 heavy (non-hydrogen) atoms. The Hall–Kier alpha value is -4.72. The van der Waals surface area contributed by atoms with Gasteiger partial charge in [0.05, 0.1) is 36.7 Å². The van der Waals surface area contributed by atoms with Crippen molar-refractivity contribution in [2.24, 2.45) is 16.8 Å². The molecule has 2 heterocycles. The van der Waals surface area contributed by atoms with Gasteiger partial charge in [-0.2, -0.15) is 0 Å². The molecule has 1 aliphatic heterocycles. The lowest BCUT2D eigenvalue weighted by molar-refractivity contribution is -0.155. The van der Waals surface area contributed by atoms with Crippen LogP contribution in [0.25, 0.3) is 10.9 Å². The van der Waals surface area contributed by atoms with Crippen LogP contribution < -0.4 is 16.4 Å². The standard InChI is InChI=1S/C31H35BrN6O7/c1-3-4-13-44-25(40)16-21(31(42)43-2)29(37-30(41)27-26(32)20-7-5-6-8-22(20)35-27)36-24(39)15-19-14-23(38-45-19)17-9-11-18(12-10-17)28(33)34/h5-12,19,21,29,35H,3-4,13-16H2,1-2H3,(H3,33,34)(H,36,39)(H,37,41)/t19?,21?,29-/m1/s1. The molecule has 0 saturated heterocycles. The summed E-state index contributed by atoms with van der Waals surface area (Å²) < 4.78 is 10.7. The van der Waals surface area contributed by atoms with Crippen molar-refractivity contribution in [3.63, 3.8) is 0 Å². The number of amidine groups is 1. The summed E-state index contributed by atoms with van der Waals surface area (Å²) in [4.78, 5) is 60.9. The summed E-state index contributed by atoms with van der Waals surface area (Å²) in [5, 5.41) is 17.8. The number of benzene rings is 2. The van der Waals surface area contributed by atoms with E-state index >= 15 is 0 Å². The number of H-pyrrole nitrogens is 1. The first kappa shape index (κ1) is 33.2. The molecule has 3 atom stereocenters. The number of methoxy groups -OCH3 is 1. The first-order valence-corrected chi connectivity index (χ1v) is 15.2. The highest BCUT2D eigenvalue weighted by molar-refractivity contribution is 9.10. The summed E-state index contributed by atoms with van der Waals surface area (Å²) >= 11 is 3.45. The van der Waals surface area contributed by atoms with Crippen molar-refractivity contribution in [3.05, 3.63) is 69.8 Å². The number of rotatable bonds is 14. The van der Waals surface area contributed by atoms with E-state index in [1.807, 2.05) is 25.1 Å². The van der Waals surface area contributed by atoms with Crippen molar-refractivity contribution in [1.29, 1.82) is 5.41 Å². The fourth-order valence-corrected chi connectivity index (χ4v) is 5.39. The zero-order valence-electron chi connectivity index (χ0n) is 24.9. The number of nitrogen functional groups attached to an aromatic ring is 1. The number of aromatic nitrogens is 1. The highest BCUT2D eigenvalue weighted by atomic mass is 79.9. The van der Waals surface area contributed by atoms with Gasteiger partial charge in [-0.1, -0.05) is 61.0 Å². The maximum absolute atomic E-state index is 13.5. The number of oxime groups is 1. The molecule has 2 unspecified atom stereocenters. The van der Waals surface area contributed by atoms with Crippen LogP contribution in [0.15, 0.2) is 58.2 Å². The van der Waals surface area contributed by atoms with Gasteiger partial charge in [-0.15, -0.1) is 0 Å². The van der Waals surface area contributed by atoms with Crippen molar-refractivity contribution >= 4 is 62.1 Å². The second kappa shape index (κ2) is 15.3. The largest absolute Gasteiger partial charge is 0.469 e. The van der Waals surface area contributed by atoms with E-state index in [4.69, 9.17) is 25.5 Å². The minimum atomic E-state index is -1.34. The highest BCUT2D eigenvalue weighted by Crippen LogP contribution is 2.28. The van der Waals surface area contributed by atoms with Gasteiger partial charge in [0.1, 0.15) is 29.7 Å². The van der Waals surface area contributed by atoms with Gasteiger partial charge in [-0.25, -0.2) is 0 Å². The number of nitrogens with one attached hydrogen (secondary N) is 4. The average Bonchev–Trinajstić information content (AvgIpc) is 3.63. The summed E-state index contributed by atoms with van der Waals surface area (Å²) in [5.41, 5.74) is 8.32. The van der Waals surface area contributed by atoms with Crippen molar-refractivity contribution in [2.75, 3.05) is 13.7 Å². The van der Waals surface area contributed by atoms with E-state index in [2.05, 4.69) is 36.7 Å². The molecule has 1 aromatic heterocycles. The summed E-state index contributed by atoms with van der Waals surface area (Å²) in [6, 6.07) is 14.2. The van der Waals surface area contributed by atoms with E-state index in [1.165, 1.54) is 0 Å². The molecule has 0 radical (unpaired) electrons. The number of amides is 2. The van der Waals surface area contributed by atoms with Gasteiger partial charge in [0, 0.05) is 22.9 Å². The number of halogens is 1. The molecule has 238 valence electrons. The summed E-state index contributed by atoms with van der Waals surface area (Å²) in [7, 11) is 1.15. The Labute approximate surface area is 267 Å². The van der Waals surface area contributed by atoms with Crippen LogP contribution in [0, 0.1) is 11.3 Å². The number of ether oxygens (including phenoxy) is 2. The number of aromatic amines is 1. The normalized spacial score (nSPS) is 15.4. The SMILES string of the molecule is CCCCOC(=O)CC(C(=O)OC)[C@H](NC(=O)CC1CC(c2ccc(C(=N)N)cc2)=NO1)NC(=O)c1[nH]c2ccccc2c1Br. The molecule has 4 rings (SSSR count). The zero-order chi connectivity index (χ0) is 32.5. The second-order valence-electron chi connectivity index (χ2n) is 10.5. The lowest BCUT2D eigenvalue weighted by Gasteiger charge is -2.27. The number of carbonyl (C=O) groups excluding carboxylic acids is 4. The van der Waals surface area contributed by atoms with Crippen LogP contribution in [-0.2, 0) is 28.7 Å². The Morgan fingerprint density at radius 3 is 2.56 bits per heavy atom. The van der Waals surface area contributed by atoms with E-state index in [0.29, 0.717) is 34.1 Å². The quantitative estimate of drug-likeness (QED) is 0.0559. The van der Waals surface area contributed by atoms with Crippen LogP contribution in [0.4, 0.5) is 0 Å². The molecule has 1 aliphatic rings. The highest BCUT2D eigenvalue weighted by Gasteiger charge is 2.36. The molecule has 0 fully saturated rings. The predicted octanol–water partition coefficient (Wildman–Crippen LogP) is 3.49. The first-order chi connectivity index (χ1) is 21.6. The molecule has 0 saturated carbocycles. The number of nitrogens with two attached hydrogens (primary N) is 1. The van der Waals surface area contributed by atoms with Gasteiger partial charge < -0.3 is 35.7 Å². The lowest BCUT2D eigenvalue weighted by atomic mass is 10.00. The Morgan fingerprint density at radius 1 is 1.16 bits per heavy atom. The molecule has 0 spiro atoms. The Morgan fingerprint density at radius 2 is 1.89 bits per heavy atom. The molecule has 0 bridgehead atoms.